The molecule has 0 amide bonds. The minimum atomic E-state index is -1.39. The van der Waals surface area contributed by atoms with E-state index in [1.807, 2.05) is 20.8 Å². The van der Waals surface area contributed by atoms with Gasteiger partial charge in [-0.15, -0.1) is 0 Å². The molecule has 0 saturated heterocycles. The first kappa shape index (κ1) is 14.0. The first-order valence-electron chi connectivity index (χ1n) is 3.22. The van der Waals surface area contributed by atoms with Gasteiger partial charge in [-0.1, -0.05) is 20.8 Å². The molecule has 0 heterocycles. The molecule has 0 aliphatic heterocycles. The van der Waals surface area contributed by atoms with E-state index in [4.69, 9.17) is 5.11 Å². The Morgan fingerprint density at radius 2 is 1.91 bits per heavy atom. The molecular formula is C7H13NaO3. The fraction of sp³-hybridized carbons (Fsp3) is 0.857. The normalized spacial score (nSPS) is 13.5. The molecule has 1 unspecified atom stereocenters. The van der Waals surface area contributed by atoms with E-state index in [0.717, 1.165) is 0 Å². The van der Waals surface area contributed by atoms with Gasteiger partial charge in [-0.2, -0.15) is 0 Å². The van der Waals surface area contributed by atoms with Crippen LogP contribution in [0.5, 0.6) is 0 Å². The van der Waals surface area contributed by atoms with Gasteiger partial charge in [-0.3, -0.25) is 0 Å². The van der Waals surface area contributed by atoms with Gasteiger partial charge in [0.1, 0.15) is 0 Å². The topological polar surface area (TPSA) is 60.4 Å². The minimum Gasteiger partial charge on any atom is -0.547 e. The van der Waals surface area contributed by atoms with Gasteiger partial charge in [0, 0.05) is 0 Å². The van der Waals surface area contributed by atoms with Crippen molar-refractivity contribution in [1.29, 1.82) is 0 Å². The average molecular weight is 168 g/mol. The first-order valence-corrected chi connectivity index (χ1v) is 3.22. The molecule has 0 aromatic carbocycles. The number of carboxylic acids is 1. The van der Waals surface area contributed by atoms with E-state index in [0.29, 0.717) is 0 Å². The number of aliphatic hydroxyl groups is 1. The predicted molar refractivity (Wildman–Crippen MR) is 35.1 cm³/mol. The van der Waals surface area contributed by atoms with Crippen LogP contribution in [0.3, 0.4) is 0 Å². The van der Waals surface area contributed by atoms with Crippen LogP contribution in [-0.2, 0) is 4.79 Å². The average Bonchev–Trinajstić information content (AvgIpc) is 1.60. The molecule has 0 rings (SSSR count). The van der Waals surface area contributed by atoms with E-state index in [1.54, 1.807) is 0 Å². The van der Waals surface area contributed by atoms with Crippen LogP contribution in [-0.4, -0.2) is 17.2 Å². The van der Waals surface area contributed by atoms with Gasteiger partial charge >= 0.3 is 29.6 Å². The molecule has 4 heteroatoms. The Morgan fingerprint density at radius 3 is 2.00 bits per heavy atom. The number of hydrogen-bond donors (Lipinski definition) is 1. The molecule has 0 bridgehead atoms. The standard InChI is InChI=1S/C7H14O3.Na/c1-7(2,3)4-5(8)6(9)10;/h5,8H,4H2,1-3H3,(H,9,10);/q;+1/p-1. The zero-order valence-electron chi connectivity index (χ0n) is 7.55. The minimum absolute atomic E-state index is 0. The van der Waals surface area contributed by atoms with Crippen LogP contribution in [0.15, 0.2) is 0 Å². The second kappa shape index (κ2) is 5.14. The van der Waals surface area contributed by atoms with E-state index >= 15 is 0 Å². The quantitative estimate of drug-likeness (QED) is 0.436. The molecule has 0 spiro atoms. The third kappa shape index (κ3) is 8.34. The van der Waals surface area contributed by atoms with E-state index in [2.05, 4.69) is 0 Å². The van der Waals surface area contributed by atoms with Gasteiger partial charge in [0.05, 0.1) is 12.1 Å². The monoisotopic (exact) mass is 168 g/mol. The maximum absolute atomic E-state index is 10.0. The molecule has 0 aliphatic carbocycles. The molecule has 0 aliphatic rings. The van der Waals surface area contributed by atoms with Crippen LogP contribution in [0.4, 0.5) is 0 Å². The summed E-state index contributed by atoms with van der Waals surface area (Å²) in [6.07, 6.45) is -1.10. The largest absolute Gasteiger partial charge is 1.00 e. The molecule has 3 nitrogen and oxygen atoms in total. The molecule has 60 valence electrons. The van der Waals surface area contributed by atoms with Crippen LogP contribution in [0.2, 0.25) is 0 Å². The molecule has 1 N–H and O–H groups in total. The van der Waals surface area contributed by atoms with Crippen LogP contribution >= 0.6 is 0 Å². The molecule has 0 radical (unpaired) electrons. The van der Waals surface area contributed by atoms with Crippen molar-refractivity contribution in [2.24, 2.45) is 5.41 Å². The van der Waals surface area contributed by atoms with Gasteiger partial charge < -0.3 is 15.0 Å². The third-order valence-corrected chi connectivity index (χ3v) is 1.08. The predicted octanol–water partition coefficient (Wildman–Crippen LogP) is -3.46. The zero-order chi connectivity index (χ0) is 8.36. The zero-order valence-corrected chi connectivity index (χ0v) is 9.55. The number of carboxylic acid groups (broad SMARTS) is 1. The summed E-state index contributed by atoms with van der Waals surface area (Å²) in [5.41, 5.74) is -0.167. The van der Waals surface area contributed by atoms with Crippen molar-refractivity contribution in [2.45, 2.75) is 33.3 Å². The van der Waals surface area contributed by atoms with Crippen molar-refractivity contribution in [2.75, 3.05) is 0 Å². The number of aliphatic carboxylic acids is 1. The Labute approximate surface area is 89.1 Å². The van der Waals surface area contributed by atoms with Crippen molar-refractivity contribution in [1.82, 2.24) is 0 Å². The molecule has 0 fully saturated rings. The molecule has 1 atom stereocenters. The van der Waals surface area contributed by atoms with Crippen molar-refractivity contribution in [3.63, 3.8) is 0 Å². The Balaban J connectivity index is 0. The van der Waals surface area contributed by atoms with Gasteiger partial charge in [-0.25, -0.2) is 0 Å². The van der Waals surface area contributed by atoms with Crippen LogP contribution < -0.4 is 34.7 Å². The fourth-order valence-corrected chi connectivity index (χ4v) is 0.663. The smallest absolute Gasteiger partial charge is 0.547 e. The first-order chi connectivity index (χ1) is 4.33. The molecular weight excluding hydrogens is 155 g/mol. The Bertz CT molecular complexity index is 128. The summed E-state index contributed by atoms with van der Waals surface area (Å²) in [6, 6.07) is 0. The summed E-state index contributed by atoms with van der Waals surface area (Å²) in [4.78, 5) is 10.0. The molecule has 0 saturated carbocycles. The maximum Gasteiger partial charge on any atom is 1.00 e. The van der Waals surface area contributed by atoms with Crippen molar-refractivity contribution >= 4 is 5.97 Å². The fourth-order valence-electron chi connectivity index (χ4n) is 0.663. The Hall–Kier alpha value is 0.430. The van der Waals surface area contributed by atoms with Crippen molar-refractivity contribution in [3.8, 4) is 0 Å². The second-order valence-corrected chi connectivity index (χ2v) is 3.60. The Morgan fingerprint density at radius 1 is 1.55 bits per heavy atom. The van der Waals surface area contributed by atoms with Gasteiger partial charge in [0.2, 0.25) is 0 Å². The van der Waals surface area contributed by atoms with Crippen LogP contribution in [0.25, 0.3) is 0 Å². The van der Waals surface area contributed by atoms with E-state index in [-0.39, 0.29) is 41.4 Å². The third-order valence-electron chi connectivity index (χ3n) is 1.08. The summed E-state index contributed by atoms with van der Waals surface area (Å²) < 4.78 is 0. The SMILES string of the molecule is CC(C)(C)CC(O)C(=O)[O-].[Na+]. The number of rotatable bonds is 2. The van der Waals surface area contributed by atoms with Crippen molar-refractivity contribution < 1.29 is 44.6 Å². The number of carbonyl (C=O) groups excluding carboxylic acids is 1. The number of aliphatic hydroxyl groups excluding tert-OH is 1. The molecule has 11 heavy (non-hydrogen) atoms. The molecule has 0 aromatic rings. The van der Waals surface area contributed by atoms with E-state index in [1.165, 1.54) is 0 Å². The number of carbonyl (C=O) groups is 1. The summed E-state index contributed by atoms with van der Waals surface area (Å²) in [7, 11) is 0. The molecule has 0 aromatic heterocycles. The summed E-state index contributed by atoms with van der Waals surface area (Å²) >= 11 is 0. The Kier molecular flexibility index (Phi) is 6.54. The summed E-state index contributed by atoms with van der Waals surface area (Å²) in [5, 5.41) is 18.8. The second-order valence-electron chi connectivity index (χ2n) is 3.60. The summed E-state index contributed by atoms with van der Waals surface area (Å²) in [6.45, 7) is 5.58. The summed E-state index contributed by atoms with van der Waals surface area (Å²) in [5.74, 6) is -1.39. The maximum atomic E-state index is 10.0. The van der Waals surface area contributed by atoms with Crippen LogP contribution in [0.1, 0.15) is 27.2 Å². The van der Waals surface area contributed by atoms with E-state index in [9.17, 15) is 9.90 Å². The van der Waals surface area contributed by atoms with Gasteiger partial charge in [0.25, 0.3) is 0 Å². The van der Waals surface area contributed by atoms with Crippen LogP contribution in [0, 0.1) is 5.41 Å². The van der Waals surface area contributed by atoms with Crippen molar-refractivity contribution in [3.05, 3.63) is 0 Å². The van der Waals surface area contributed by atoms with E-state index < -0.39 is 12.1 Å². The number of hydrogen-bond acceptors (Lipinski definition) is 3. The van der Waals surface area contributed by atoms with Gasteiger partial charge in [-0.05, 0) is 11.8 Å². The van der Waals surface area contributed by atoms with Gasteiger partial charge in [0.15, 0.2) is 0 Å².